The molecule has 0 N–H and O–H groups in total. The number of hydrogen-bond donors (Lipinski definition) is 0. The van der Waals surface area contributed by atoms with Crippen LogP contribution in [0.4, 0.5) is 0 Å². The zero-order chi connectivity index (χ0) is 16.4. The second kappa shape index (κ2) is 6.89. The van der Waals surface area contributed by atoms with E-state index in [0.717, 1.165) is 63.1 Å². The van der Waals surface area contributed by atoms with Crippen molar-refractivity contribution in [1.29, 1.82) is 0 Å². The minimum absolute atomic E-state index is 0.0718. The molecule has 1 aliphatic heterocycles. The van der Waals surface area contributed by atoms with Crippen molar-refractivity contribution >= 4 is 0 Å². The molecule has 2 aromatic rings. The number of aromatic nitrogens is 3. The van der Waals surface area contributed by atoms with Gasteiger partial charge in [-0.25, -0.2) is 4.68 Å². The highest BCUT2D eigenvalue weighted by Gasteiger charge is 2.21. The molecule has 1 saturated heterocycles. The molecule has 4 rings (SSSR count). The van der Waals surface area contributed by atoms with Crippen molar-refractivity contribution < 1.29 is 4.52 Å². The van der Waals surface area contributed by atoms with Crippen molar-refractivity contribution in [1.82, 2.24) is 19.8 Å². The molecule has 0 atom stereocenters. The lowest BCUT2D eigenvalue weighted by Gasteiger charge is -2.31. The van der Waals surface area contributed by atoms with Crippen LogP contribution in [-0.4, -0.2) is 32.9 Å². The fourth-order valence-corrected chi connectivity index (χ4v) is 3.87. The quantitative estimate of drug-likeness (QED) is 0.859. The monoisotopic (exact) mass is 328 g/mol. The molecule has 6 heteroatoms. The Hall–Kier alpha value is -1.95. The van der Waals surface area contributed by atoms with Gasteiger partial charge in [-0.1, -0.05) is 5.16 Å². The first kappa shape index (κ1) is 15.6. The van der Waals surface area contributed by atoms with Gasteiger partial charge < -0.3 is 4.52 Å². The number of rotatable bonds is 4. The van der Waals surface area contributed by atoms with E-state index in [-0.39, 0.29) is 5.56 Å². The third-order valence-corrected chi connectivity index (χ3v) is 5.30. The highest BCUT2D eigenvalue weighted by Crippen LogP contribution is 2.21. The molecule has 2 aliphatic rings. The summed E-state index contributed by atoms with van der Waals surface area (Å²) in [5.74, 6) is 0.538. The number of aryl methyl sites for hydroxylation is 2. The zero-order valence-electron chi connectivity index (χ0n) is 14.0. The fraction of sp³-hybridized carbons (Fsp3) is 0.611. The van der Waals surface area contributed by atoms with E-state index < -0.39 is 0 Å². The van der Waals surface area contributed by atoms with Crippen LogP contribution >= 0.6 is 0 Å². The maximum Gasteiger partial charge on any atom is 0.267 e. The molecule has 0 spiro atoms. The number of piperidine rings is 1. The lowest BCUT2D eigenvalue weighted by atomic mass is 9.95. The molecule has 0 amide bonds. The third-order valence-electron chi connectivity index (χ3n) is 5.30. The highest BCUT2D eigenvalue weighted by atomic mass is 16.5. The molecule has 3 heterocycles. The molecule has 0 aromatic carbocycles. The lowest BCUT2D eigenvalue weighted by molar-refractivity contribution is 0.163. The second-order valence-electron chi connectivity index (χ2n) is 7.10. The predicted octanol–water partition coefficient (Wildman–Crippen LogP) is 2.02. The number of likely N-dealkylation sites (tertiary alicyclic amines) is 1. The van der Waals surface area contributed by atoms with Gasteiger partial charge in [-0.3, -0.25) is 9.69 Å². The van der Waals surface area contributed by atoms with E-state index in [0.29, 0.717) is 5.92 Å². The van der Waals surface area contributed by atoms with E-state index in [9.17, 15) is 4.79 Å². The summed E-state index contributed by atoms with van der Waals surface area (Å²) >= 11 is 0. The molecule has 1 fully saturated rings. The summed E-state index contributed by atoms with van der Waals surface area (Å²) < 4.78 is 6.60. The summed E-state index contributed by atoms with van der Waals surface area (Å²) in [6, 6.07) is 1.82. The standard InChI is InChI=1S/C18H24N4O2/c23-18-9-16-3-1-2-4-17(16)20-22(18)12-14-5-7-21(8-6-14)11-15-10-19-24-13-15/h9-10,13-14H,1-8,11-12H2. The zero-order valence-corrected chi connectivity index (χ0v) is 14.0. The van der Waals surface area contributed by atoms with Crippen molar-refractivity contribution in [2.24, 2.45) is 5.92 Å². The van der Waals surface area contributed by atoms with Crippen LogP contribution in [0.1, 0.15) is 42.5 Å². The normalized spacial score (nSPS) is 19.3. The Bertz CT molecular complexity index is 730. The van der Waals surface area contributed by atoms with Gasteiger partial charge in [0.15, 0.2) is 0 Å². The summed E-state index contributed by atoms with van der Waals surface area (Å²) in [5.41, 5.74) is 3.51. The van der Waals surface area contributed by atoms with Crippen LogP contribution in [0.25, 0.3) is 0 Å². The number of hydrogen-bond acceptors (Lipinski definition) is 5. The van der Waals surface area contributed by atoms with Crippen LogP contribution in [0.5, 0.6) is 0 Å². The van der Waals surface area contributed by atoms with Crippen molar-refractivity contribution in [2.75, 3.05) is 13.1 Å². The van der Waals surface area contributed by atoms with E-state index in [1.54, 1.807) is 17.1 Å². The van der Waals surface area contributed by atoms with Crippen LogP contribution in [0.3, 0.4) is 0 Å². The van der Waals surface area contributed by atoms with Crippen molar-refractivity contribution in [3.05, 3.63) is 45.7 Å². The molecule has 24 heavy (non-hydrogen) atoms. The average molecular weight is 328 g/mol. The Labute approximate surface area is 141 Å². The minimum Gasteiger partial charge on any atom is -0.364 e. The first-order valence-corrected chi connectivity index (χ1v) is 8.98. The SMILES string of the molecule is O=c1cc2c(nn1CC1CCN(Cc3cnoc3)CC1)CCCC2. The van der Waals surface area contributed by atoms with Gasteiger partial charge >= 0.3 is 0 Å². The molecular formula is C18H24N4O2. The molecular weight excluding hydrogens is 304 g/mol. The Morgan fingerprint density at radius 1 is 1.21 bits per heavy atom. The van der Waals surface area contributed by atoms with Gasteiger partial charge in [0.25, 0.3) is 5.56 Å². The summed E-state index contributed by atoms with van der Waals surface area (Å²) in [6.45, 7) is 3.76. The van der Waals surface area contributed by atoms with Crippen LogP contribution < -0.4 is 5.56 Å². The first-order valence-electron chi connectivity index (χ1n) is 8.98. The van der Waals surface area contributed by atoms with Crippen molar-refractivity contribution in [3.63, 3.8) is 0 Å². The van der Waals surface area contributed by atoms with Gasteiger partial charge in [-0.15, -0.1) is 0 Å². The maximum absolute atomic E-state index is 12.3. The number of fused-ring (bicyclic) bond motifs is 1. The van der Waals surface area contributed by atoms with E-state index in [4.69, 9.17) is 4.52 Å². The first-order chi connectivity index (χ1) is 11.8. The summed E-state index contributed by atoms with van der Waals surface area (Å²) in [7, 11) is 0. The summed E-state index contributed by atoms with van der Waals surface area (Å²) in [4.78, 5) is 14.7. The van der Waals surface area contributed by atoms with Crippen molar-refractivity contribution in [3.8, 4) is 0 Å². The molecule has 0 unspecified atom stereocenters. The van der Waals surface area contributed by atoms with Crippen LogP contribution in [0.15, 0.2) is 27.8 Å². The smallest absolute Gasteiger partial charge is 0.267 e. The Kier molecular flexibility index (Phi) is 4.47. The Morgan fingerprint density at radius 3 is 2.83 bits per heavy atom. The second-order valence-corrected chi connectivity index (χ2v) is 7.10. The predicted molar refractivity (Wildman–Crippen MR) is 89.6 cm³/mol. The van der Waals surface area contributed by atoms with Gasteiger partial charge in [0.1, 0.15) is 6.26 Å². The van der Waals surface area contributed by atoms with E-state index in [2.05, 4.69) is 15.2 Å². The molecule has 2 aromatic heterocycles. The van der Waals surface area contributed by atoms with Gasteiger partial charge in [-0.2, -0.15) is 5.10 Å². The minimum atomic E-state index is 0.0718. The molecule has 0 bridgehead atoms. The topological polar surface area (TPSA) is 64.2 Å². The van der Waals surface area contributed by atoms with Gasteiger partial charge in [0.05, 0.1) is 11.9 Å². The van der Waals surface area contributed by atoms with Crippen LogP contribution in [0.2, 0.25) is 0 Å². The molecule has 0 radical (unpaired) electrons. The molecule has 6 nitrogen and oxygen atoms in total. The average Bonchev–Trinajstić information content (AvgIpc) is 3.10. The lowest BCUT2D eigenvalue weighted by Crippen LogP contribution is -2.36. The largest absolute Gasteiger partial charge is 0.364 e. The van der Waals surface area contributed by atoms with Crippen LogP contribution in [0, 0.1) is 5.92 Å². The van der Waals surface area contributed by atoms with Crippen LogP contribution in [-0.2, 0) is 25.9 Å². The van der Waals surface area contributed by atoms with Gasteiger partial charge in [0.2, 0.25) is 0 Å². The Morgan fingerprint density at radius 2 is 2.04 bits per heavy atom. The molecule has 0 saturated carbocycles. The molecule has 1 aliphatic carbocycles. The van der Waals surface area contributed by atoms with Crippen molar-refractivity contribution in [2.45, 2.75) is 51.6 Å². The molecule has 128 valence electrons. The highest BCUT2D eigenvalue weighted by molar-refractivity contribution is 5.20. The fourth-order valence-electron chi connectivity index (χ4n) is 3.87. The van der Waals surface area contributed by atoms with Gasteiger partial charge in [0, 0.05) is 24.7 Å². The maximum atomic E-state index is 12.3. The summed E-state index contributed by atoms with van der Waals surface area (Å²) in [6.07, 6.45) is 10.1. The number of nitrogens with zero attached hydrogens (tertiary/aromatic N) is 4. The van der Waals surface area contributed by atoms with E-state index in [1.807, 2.05) is 6.07 Å². The van der Waals surface area contributed by atoms with E-state index in [1.165, 1.54) is 18.4 Å². The van der Waals surface area contributed by atoms with E-state index >= 15 is 0 Å². The third kappa shape index (κ3) is 3.43. The summed E-state index contributed by atoms with van der Waals surface area (Å²) in [5, 5.41) is 8.41. The van der Waals surface area contributed by atoms with Gasteiger partial charge in [-0.05, 0) is 63.1 Å². The Balaban J connectivity index is 1.36.